The van der Waals surface area contributed by atoms with Crippen LogP contribution in [0.15, 0.2) is 42.5 Å². The van der Waals surface area contributed by atoms with Crippen LogP contribution in [0.3, 0.4) is 0 Å². The third kappa shape index (κ3) is 6.42. The zero-order valence-corrected chi connectivity index (χ0v) is 25.5. The van der Waals surface area contributed by atoms with Crippen LogP contribution < -0.4 is 9.47 Å². The molecular weight excluding hydrogens is 640 g/mol. The van der Waals surface area contributed by atoms with E-state index in [0.717, 1.165) is 6.08 Å². The lowest BCUT2D eigenvalue weighted by atomic mass is 9.80. The molecule has 2 aromatic carbocycles. The fourth-order valence-electron chi connectivity index (χ4n) is 5.52. The Morgan fingerprint density at radius 1 is 1.04 bits per heavy atom. The molecule has 5 rings (SSSR count). The van der Waals surface area contributed by atoms with Crippen molar-refractivity contribution in [3.63, 3.8) is 0 Å². The molecule has 246 valence electrons. The molecule has 3 aliphatic rings. The monoisotopic (exact) mass is 672 g/mol. The van der Waals surface area contributed by atoms with Gasteiger partial charge in [-0.1, -0.05) is 35.9 Å². The number of rotatable bonds is 10. The van der Waals surface area contributed by atoms with E-state index in [1.54, 1.807) is 36.4 Å². The zero-order valence-electron chi connectivity index (χ0n) is 23.9. The molecule has 2 aromatic rings. The maximum atomic E-state index is 12.1. The van der Waals surface area contributed by atoms with Gasteiger partial charge in [0.1, 0.15) is 42.5 Å². The number of sulfone groups is 1. The fraction of sp³-hybridized carbons (Fsp3) is 0.483. The van der Waals surface area contributed by atoms with Gasteiger partial charge in [-0.25, -0.2) is 18.1 Å². The Morgan fingerprint density at radius 3 is 2.31 bits per heavy atom. The predicted octanol–water partition coefficient (Wildman–Crippen LogP) is 0.904. The summed E-state index contributed by atoms with van der Waals surface area (Å²) in [5, 5.41) is 48.8. The van der Waals surface area contributed by atoms with E-state index in [-0.39, 0.29) is 47.5 Å². The average molecular weight is 673 g/mol. The first-order chi connectivity index (χ1) is 21.3. The number of aliphatic carboxylic acids is 1. The molecule has 0 bridgehead atoms. The van der Waals surface area contributed by atoms with E-state index in [0.29, 0.717) is 16.7 Å². The first-order valence-electron chi connectivity index (χ1n) is 13.9. The topological polar surface area (TPSA) is 208 Å². The van der Waals surface area contributed by atoms with Crippen molar-refractivity contribution in [3.05, 3.63) is 64.2 Å². The Morgan fingerprint density at radius 2 is 1.73 bits per heavy atom. The Balaban J connectivity index is 1.37. The van der Waals surface area contributed by atoms with Crippen LogP contribution >= 0.6 is 11.6 Å². The average Bonchev–Trinajstić information content (AvgIpc) is 3.01. The summed E-state index contributed by atoms with van der Waals surface area (Å²) in [7, 11) is -1.86. The van der Waals surface area contributed by atoms with Crippen LogP contribution in [0.5, 0.6) is 11.5 Å². The Hall–Kier alpha value is -2.83. The van der Waals surface area contributed by atoms with E-state index in [2.05, 4.69) is 0 Å². The first kappa shape index (κ1) is 33.5. The van der Waals surface area contributed by atoms with Gasteiger partial charge in [-0.2, -0.15) is 4.89 Å². The third-order valence-corrected chi connectivity index (χ3v) is 10.2. The van der Waals surface area contributed by atoms with Gasteiger partial charge in [0.05, 0.1) is 23.1 Å². The molecule has 0 saturated carbocycles. The van der Waals surface area contributed by atoms with Gasteiger partial charge in [0.15, 0.2) is 15.4 Å². The van der Waals surface area contributed by atoms with Crippen molar-refractivity contribution in [1.29, 1.82) is 0 Å². The molecular formula is C29H33ClO14S. The molecule has 16 heteroatoms. The number of halogens is 1. The second kappa shape index (κ2) is 13.1. The lowest BCUT2D eigenvalue weighted by Gasteiger charge is -2.56. The number of benzene rings is 2. The molecule has 3 saturated heterocycles. The molecule has 0 aromatic heterocycles. The number of methoxy groups -OCH3 is 1. The summed E-state index contributed by atoms with van der Waals surface area (Å²) in [6.07, 6.45) is -4.72. The number of hydrogen-bond donors (Lipinski definition) is 5. The van der Waals surface area contributed by atoms with E-state index in [1.807, 2.05) is 0 Å². The first-order valence-corrected chi connectivity index (χ1v) is 16.1. The number of hydrogen-bond acceptors (Lipinski definition) is 13. The normalized spacial score (nSPS) is 30.6. The SMILES string of the molecule is COC1(c2ccc(/C=C/C(=O)O)c(OCc3ccc(O[C@@H]4OC(CO)[C@H](O)C(O)C4O)cc3)c2Cl)OOC12CCS(=O)(=O)CC2. The summed E-state index contributed by atoms with van der Waals surface area (Å²) in [6.45, 7) is -0.639. The molecule has 3 aliphatic heterocycles. The van der Waals surface area contributed by atoms with Gasteiger partial charge in [-0.3, -0.25) is 0 Å². The molecule has 1 spiro atoms. The molecule has 6 atom stereocenters. The summed E-state index contributed by atoms with van der Waals surface area (Å²) >= 11 is 6.87. The van der Waals surface area contributed by atoms with Crippen LogP contribution in [0.4, 0.5) is 0 Å². The highest BCUT2D eigenvalue weighted by Crippen LogP contribution is 2.57. The van der Waals surface area contributed by atoms with Crippen molar-refractivity contribution in [3.8, 4) is 11.5 Å². The minimum Gasteiger partial charge on any atom is -0.487 e. The number of aliphatic hydroxyl groups excluding tert-OH is 4. The van der Waals surface area contributed by atoms with Crippen LogP contribution in [0.25, 0.3) is 6.08 Å². The smallest absolute Gasteiger partial charge is 0.328 e. The summed E-state index contributed by atoms with van der Waals surface area (Å²) in [5.74, 6) is -2.63. The maximum absolute atomic E-state index is 12.1. The van der Waals surface area contributed by atoms with Crippen LogP contribution in [-0.2, 0) is 46.3 Å². The molecule has 3 fully saturated rings. The Labute approximate surface area is 263 Å². The molecule has 0 radical (unpaired) electrons. The molecule has 14 nitrogen and oxygen atoms in total. The van der Waals surface area contributed by atoms with Crippen molar-refractivity contribution >= 4 is 33.5 Å². The number of aliphatic hydroxyl groups is 4. The summed E-state index contributed by atoms with van der Waals surface area (Å²) < 4.78 is 47.1. The van der Waals surface area contributed by atoms with E-state index >= 15 is 0 Å². The number of ether oxygens (including phenoxy) is 4. The standard InChI is InChI=1S/C29H33ClO14S/c1-39-29(28(43-44-29)10-12-45(37,38)13-11-28)19-8-4-17(5-9-21(32)33)26(22(19)30)40-15-16-2-6-18(7-3-16)41-27-25(36)24(35)23(34)20(14-31)42-27/h2-9,20,23-25,27,31,34-36H,10-15H2,1H3,(H,32,33)/b9-5+/t20?,23-,24?,25?,27+,29?/m0/s1. The highest BCUT2D eigenvalue weighted by molar-refractivity contribution is 7.91. The van der Waals surface area contributed by atoms with Crippen LogP contribution in [-0.4, -0.2) is 101 Å². The summed E-state index contributed by atoms with van der Waals surface area (Å²) in [6, 6.07) is 9.52. The number of carboxylic acids is 1. The van der Waals surface area contributed by atoms with Crippen LogP contribution in [0.2, 0.25) is 5.02 Å². The van der Waals surface area contributed by atoms with Crippen molar-refractivity contribution in [2.45, 2.75) is 61.5 Å². The molecule has 5 N–H and O–H groups in total. The maximum Gasteiger partial charge on any atom is 0.328 e. The van der Waals surface area contributed by atoms with E-state index in [4.69, 9.17) is 40.3 Å². The van der Waals surface area contributed by atoms with Gasteiger partial charge in [-0.05, 0) is 36.6 Å². The summed E-state index contributed by atoms with van der Waals surface area (Å²) in [4.78, 5) is 22.2. The van der Waals surface area contributed by atoms with Crippen LogP contribution in [0, 0.1) is 0 Å². The lowest BCUT2D eigenvalue weighted by molar-refractivity contribution is -0.620. The molecule has 4 unspecified atom stereocenters. The predicted molar refractivity (Wildman–Crippen MR) is 155 cm³/mol. The van der Waals surface area contributed by atoms with E-state index in [9.17, 15) is 38.7 Å². The largest absolute Gasteiger partial charge is 0.487 e. The Bertz CT molecular complexity index is 1510. The Kier molecular flexibility index (Phi) is 9.77. The molecule has 45 heavy (non-hydrogen) atoms. The number of carboxylic acid groups (broad SMARTS) is 1. The number of carbonyl (C=O) groups is 1. The van der Waals surface area contributed by atoms with Gasteiger partial charge in [0.2, 0.25) is 6.29 Å². The van der Waals surface area contributed by atoms with E-state index < -0.39 is 64.5 Å². The van der Waals surface area contributed by atoms with Crippen LogP contribution in [0.1, 0.15) is 29.5 Å². The van der Waals surface area contributed by atoms with Crippen molar-refractivity contribution < 1.29 is 67.5 Å². The van der Waals surface area contributed by atoms with Crippen molar-refractivity contribution in [2.24, 2.45) is 0 Å². The minimum absolute atomic E-state index is 0.0435. The second-order valence-electron chi connectivity index (χ2n) is 10.9. The molecule has 0 aliphatic carbocycles. The van der Waals surface area contributed by atoms with Gasteiger partial charge in [0, 0.05) is 24.3 Å². The minimum atomic E-state index is -3.25. The van der Waals surface area contributed by atoms with Crippen molar-refractivity contribution in [2.75, 3.05) is 25.2 Å². The third-order valence-electron chi connectivity index (χ3n) is 8.13. The lowest BCUT2D eigenvalue weighted by Crippen LogP contribution is -2.68. The van der Waals surface area contributed by atoms with Gasteiger partial charge < -0.3 is 44.5 Å². The van der Waals surface area contributed by atoms with Crippen molar-refractivity contribution in [1.82, 2.24) is 0 Å². The highest BCUT2D eigenvalue weighted by Gasteiger charge is 2.68. The fourth-order valence-corrected chi connectivity index (χ4v) is 7.36. The highest BCUT2D eigenvalue weighted by atomic mass is 35.5. The van der Waals surface area contributed by atoms with E-state index in [1.165, 1.54) is 13.2 Å². The molecule has 3 heterocycles. The van der Waals surface area contributed by atoms with Gasteiger partial charge in [-0.15, -0.1) is 0 Å². The second-order valence-corrected chi connectivity index (χ2v) is 13.6. The molecule has 0 amide bonds. The zero-order chi connectivity index (χ0) is 32.6. The quantitative estimate of drug-likeness (QED) is 0.176. The van der Waals surface area contributed by atoms with Gasteiger partial charge >= 0.3 is 5.97 Å². The van der Waals surface area contributed by atoms with Gasteiger partial charge in [0.25, 0.3) is 5.79 Å². The summed E-state index contributed by atoms with van der Waals surface area (Å²) in [5.41, 5.74) is 0.149.